The molecule has 2 rings (SSSR count). The number of hydrogen-bond acceptors (Lipinski definition) is 3. The standard InChI is InChI=1S/C15H16BrNO3/c1-9(2)6-7-20-15-14(19)12-5-4-11(16)8-13(12)17(15)10(3)18/h4-6,8,15H,7H2,1-3H3. The number of ketones is 1. The number of rotatable bonds is 3. The van der Waals surface area contributed by atoms with Crippen LogP contribution in [-0.2, 0) is 9.53 Å². The number of halogens is 1. The van der Waals surface area contributed by atoms with Crippen molar-refractivity contribution in [1.82, 2.24) is 0 Å². The van der Waals surface area contributed by atoms with E-state index in [0.29, 0.717) is 17.9 Å². The zero-order valence-corrected chi connectivity index (χ0v) is 13.2. The molecule has 0 N–H and O–H groups in total. The molecular formula is C15H16BrNO3. The third kappa shape index (κ3) is 2.83. The molecule has 0 spiro atoms. The van der Waals surface area contributed by atoms with Gasteiger partial charge >= 0.3 is 0 Å². The average molecular weight is 338 g/mol. The van der Waals surface area contributed by atoms with Crippen LogP contribution in [0.25, 0.3) is 0 Å². The van der Waals surface area contributed by atoms with Crippen molar-refractivity contribution < 1.29 is 14.3 Å². The first-order valence-corrected chi connectivity index (χ1v) is 7.09. The van der Waals surface area contributed by atoms with Crippen LogP contribution in [0.15, 0.2) is 34.3 Å². The second kappa shape index (κ2) is 5.89. The highest BCUT2D eigenvalue weighted by atomic mass is 79.9. The number of nitrogens with zero attached hydrogens (tertiary/aromatic N) is 1. The first-order valence-electron chi connectivity index (χ1n) is 6.30. The van der Waals surface area contributed by atoms with Gasteiger partial charge in [0.05, 0.1) is 12.3 Å². The predicted molar refractivity (Wildman–Crippen MR) is 80.8 cm³/mol. The molecule has 0 radical (unpaired) electrons. The lowest BCUT2D eigenvalue weighted by Crippen LogP contribution is -2.40. The largest absolute Gasteiger partial charge is 0.346 e. The van der Waals surface area contributed by atoms with Gasteiger partial charge in [0, 0.05) is 17.0 Å². The SMILES string of the molecule is CC(=O)N1c2cc(Br)ccc2C(=O)C1OCC=C(C)C. The number of Topliss-reactive ketones (excluding diaryl/α,β-unsaturated/α-hetero) is 1. The Morgan fingerprint density at radius 3 is 2.70 bits per heavy atom. The Bertz CT molecular complexity index is 591. The molecule has 5 heteroatoms. The quantitative estimate of drug-likeness (QED) is 0.795. The highest BCUT2D eigenvalue weighted by Crippen LogP contribution is 2.35. The van der Waals surface area contributed by atoms with E-state index in [1.54, 1.807) is 18.2 Å². The van der Waals surface area contributed by atoms with Gasteiger partial charge in [0.25, 0.3) is 0 Å². The molecule has 1 atom stereocenters. The molecule has 1 aliphatic rings. The lowest BCUT2D eigenvalue weighted by Gasteiger charge is -2.22. The van der Waals surface area contributed by atoms with Crippen molar-refractivity contribution in [2.24, 2.45) is 0 Å². The lowest BCUT2D eigenvalue weighted by atomic mass is 10.1. The van der Waals surface area contributed by atoms with Gasteiger partial charge < -0.3 is 4.74 Å². The predicted octanol–water partition coefficient (Wildman–Crippen LogP) is 3.31. The lowest BCUT2D eigenvalue weighted by molar-refractivity contribution is -0.118. The number of benzene rings is 1. The normalized spacial score (nSPS) is 17.1. The molecule has 1 heterocycles. The molecule has 1 aliphatic heterocycles. The molecule has 0 bridgehead atoms. The van der Waals surface area contributed by atoms with Crippen molar-refractivity contribution >= 4 is 33.3 Å². The smallest absolute Gasteiger partial charge is 0.226 e. The van der Waals surface area contributed by atoms with Gasteiger partial charge in [0.1, 0.15) is 0 Å². The van der Waals surface area contributed by atoms with E-state index < -0.39 is 6.23 Å². The van der Waals surface area contributed by atoms with Crippen LogP contribution in [0.5, 0.6) is 0 Å². The van der Waals surface area contributed by atoms with Gasteiger partial charge in [-0.05, 0) is 32.0 Å². The number of ether oxygens (including phenoxy) is 1. The van der Waals surface area contributed by atoms with Crippen LogP contribution in [0.2, 0.25) is 0 Å². The van der Waals surface area contributed by atoms with Crippen molar-refractivity contribution in [2.45, 2.75) is 27.0 Å². The van der Waals surface area contributed by atoms with Crippen LogP contribution in [0, 0.1) is 0 Å². The van der Waals surface area contributed by atoms with Gasteiger partial charge in [-0.2, -0.15) is 0 Å². The van der Waals surface area contributed by atoms with Crippen molar-refractivity contribution in [3.63, 3.8) is 0 Å². The zero-order chi connectivity index (χ0) is 14.9. The van der Waals surface area contributed by atoms with E-state index in [1.165, 1.54) is 11.8 Å². The monoisotopic (exact) mass is 337 g/mol. The number of carbonyl (C=O) groups is 2. The summed E-state index contributed by atoms with van der Waals surface area (Å²) in [4.78, 5) is 25.6. The van der Waals surface area contributed by atoms with E-state index in [-0.39, 0.29) is 11.7 Å². The van der Waals surface area contributed by atoms with E-state index in [9.17, 15) is 9.59 Å². The minimum absolute atomic E-state index is 0.176. The van der Waals surface area contributed by atoms with E-state index in [2.05, 4.69) is 15.9 Å². The number of fused-ring (bicyclic) bond motifs is 1. The summed E-state index contributed by atoms with van der Waals surface area (Å²) in [6.07, 6.45) is 1.01. The number of hydrogen-bond donors (Lipinski definition) is 0. The minimum Gasteiger partial charge on any atom is -0.346 e. The number of carbonyl (C=O) groups excluding carboxylic acids is 2. The molecular weight excluding hydrogens is 322 g/mol. The molecule has 1 unspecified atom stereocenters. The molecule has 1 amide bonds. The topological polar surface area (TPSA) is 46.6 Å². The summed E-state index contributed by atoms with van der Waals surface area (Å²) in [7, 11) is 0. The molecule has 1 aromatic carbocycles. The maximum Gasteiger partial charge on any atom is 0.226 e. The second-order valence-electron chi connectivity index (χ2n) is 4.88. The zero-order valence-electron chi connectivity index (χ0n) is 11.6. The third-order valence-electron chi connectivity index (χ3n) is 3.03. The molecule has 1 aromatic rings. The van der Waals surface area contributed by atoms with Crippen molar-refractivity contribution in [2.75, 3.05) is 11.5 Å². The number of amides is 1. The van der Waals surface area contributed by atoms with Crippen LogP contribution < -0.4 is 4.90 Å². The first-order chi connectivity index (χ1) is 9.41. The van der Waals surface area contributed by atoms with Gasteiger partial charge in [0.2, 0.25) is 17.9 Å². The fourth-order valence-corrected chi connectivity index (χ4v) is 2.43. The second-order valence-corrected chi connectivity index (χ2v) is 5.80. The molecule has 106 valence electrons. The van der Waals surface area contributed by atoms with Crippen LogP contribution in [0.1, 0.15) is 31.1 Å². The Labute approximate surface area is 126 Å². The van der Waals surface area contributed by atoms with Crippen molar-refractivity contribution in [3.8, 4) is 0 Å². The summed E-state index contributed by atoms with van der Waals surface area (Å²) < 4.78 is 6.41. The van der Waals surface area contributed by atoms with E-state index in [0.717, 1.165) is 10.0 Å². The summed E-state index contributed by atoms with van der Waals surface area (Å²) in [6, 6.07) is 5.26. The van der Waals surface area contributed by atoms with Gasteiger partial charge in [-0.25, -0.2) is 0 Å². The third-order valence-corrected chi connectivity index (χ3v) is 3.52. The summed E-state index contributed by atoms with van der Waals surface area (Å²) >= 11 is 3.35. The molecule has 4 nitrogen and oxygen atoms in total. The summed E-state index contributed by atoms with van der Waals surface area (Å²) in [6.45, 7) is 5.64. The molecule has 0 saturated carbocycles. The van der Waals surface area contributed by atoms with Gasteiger partial charge in [-0.15, -0.1) is 0 Å². The Balaban J connectivity index is 2.32. The Morgan fingerprint density at radius 2 is 2.10 bits per heavy atom. The highest BCUT2D eigenvalue weighted by Gasteiger charge is 2.40. The van der Waals surface area contributed by atoms with Crippen LogP contribution >= 0.6 is 15.9 Å². The minimum atomic E-state index is -0.868. The van der Waals surface area contributed by atoms with E-state index >= 15 is 0 Å². The fourth-order valence-electron chi connectivity index (χ4n) is 2.08. The average Bonchev–Trinajstić information content (AvgIpc) is 2.62. The summed E-state index contributed by atoms with van der Waals surface area (Å²) in [5.41, 5.74) is 2.22. The van der Waals surface area contributed by atoms with Gasteiger partial charge in [0.15, 0.2) is 0 Å². The van der Waals surface area contributed by atoms with Crippen LogP contribution in [0.4, 0.5) is 5.69 Å². The Morgan fingerprint density at radius 1 is 1.40 bits per heavy atom. The van der Waals surface area contributed by atoms with E-state index in [4.69, 9.17) is 4.74 Å². The fraction of sp³-hybridized carbons (Fsp3) is 0.333. The highest BCUT2D eigenvalue weighted by molar-refractivity contribution is 9.10. The van der Waals surface area contributed by atoms with Crippen LogP contribution in [0.3, 0.4) is 0 Å². The van der Waals surface area contributed by atoms with Crippen LogP contribution in [-0.4, -0.2) is 24.5 Å². The maximum atomic E-state index is 12.3. The Hall–Kier alpha value is -1.46. The van der Waals surface area contributed by atoms with Crippen molar-refractivity contribution in [3.05, 3.63) is 39.9 Å². The molecule has 0 fully saturated rings. The maximum absolute atomic E-state index is 12.3. The number of allylic oxidation sites excluding steroid dienone is 1. The molecule has 0 saturated heterocycles. The molecule has 0 aromatic heterocycles. The Kier molecular flexibility index (Phi) is 4.40. The number of anilines is 1. The molecule has 20 heavy (non-hydrogen) atoms. The van der Waals surface area contributed by atoms with Crippen molar-refractivity contribution in [1.29, 1.82) is 0 Å². The summed E-state index contributed by atoms with van der Waals surface area (Å²) in [5.74, 6) is -0.387. The summed E-state index contributed by atoms with van der Waals surface area (Å²) in [5, 5.41) is 0. The molecule has 0 aliphatic carbocycles. The van der Waals surface area contributed by atoms with Gasteiger partial charge in [-0.3, -0.25) is 14.5 Å². The van der Waals surface area contributed by atoms with E-state index in [1.807, 2.05) is 19.9 Å². The van der Waals surface area contributed by atoms with Gasteiger partial charge in [-0.1, -0.05) is 27.6 Å². The first kappa shape index (κ1) is 14.9.